The summed E-state index contributed by atoms with van der Waals surface area (Å²) in [5.74, 6) is -0.975. The molecule has 332 valence electrons. The Kier molecular flexibility index (Phi) is 15.1. The number of nitrogens with zero attached hydrogens (tertiary/aromatic N) is 4. The summed E-state index contributed by atoms with van der Waals surface area (Å²) in [5, 5.41) is 40.8. The normalized spacial score (nSPS) is 15.9. The average molecular weight is 850 g/mol. The minimum atomic E-state index is -1.35. The number of amides is 5. The Morgan fingerprint density at radius 3 is 2.00 bits per heavy atom. The number of nitrogens with one attached hydrogen (secondary N) is 3. The standard InChI is InChI=1S/C48H63N7O7/c1-46(2,3)40(53-44(59)60)42(57)52-37(28-32-20-22-33(23-21-32)36-18-12-13-24-49-36)38(56)29-35(27-31-15-10-9-11-16-31)51-43(58)41(47(4,5)6)55-26-25-54(45(55)61)30-34-17-14-19-39(50-34)48(7,8)62/h9-24,35,37-38,40-41,53,56,62H,25-30H2,1-8H3,(H,51,58)(H,52,57)(H,59,60)/t35-,37-,38+,40+,41+/m0/s1. The highest BCUT2D eigenvalue weighted by molar-refractivity contribution is 5.89. The zero-order valence-electron chi connectivity index (χ0n) is 37.1. The highest BCUT2D eigenvalue weighted by Gasteiger charge is 2.44. The fraction of sp³-hybridized carbons (Fsp3) is 0.458. The molecule has 5 amide bonds. The minimum Gasteiger partial charge on any atom is -0.465 e. The van der Waals surface area contributed by atoms with Crippen LogP contribution in [0.1, 0.15) is 84.3 Å². The van der Waals surface area contributed by atoms with Gasteiger partial charge in [0.25, 0.3) is 0 Å². The van der Waals surface area contributed by atoms with Crippen LogP contribution in [0.25, 0.3) is 11.3 Å². The van der Waals surface area contributed by atoms with Crippen molar-refractivity contribution in [2.45, 2.75) is 117 Å². The molecule has 0 spiro atoms. The summed E-state index contributed by atoms with van der Waals surface area (Å²) in [5.41, 5.74) is 1.87. The van der Waals surface area contributed by atoms with Crippen molar-refractivity contribution in [1.82, 2.24) is 35.7 Å². The summed E-state index contributed by atoms with van der Waals surface area (Å²) in [7, 11) is 0. The van der Waals surface area contributed by atoms with E-state index in [0.29, 0.717) is 30.9 Å². The smallest absolute Gasteiger partial charge is 0.405 e. The van der Waals surface area contributed by atoms with Gasteiger partial charge in [0, 0.05) is 30.9 Å². The molecule has 2 aromatic heterocycles. The minimum absolute atomic E-state index is 0.0181. The number of pyridine rings is 2. The second-order valence-corrected chi connectivity index (χ2v) is 18.9. The maximum Gasteiger partial charge on any atom is 0.405 e. The Labute approximate surface area is 365 Å². The van der Waals surface area contributed by atoms with E-state index in [1.165, 1.54) is 0 Å². The van der Waals surface area contributed by atoms with E-state index in [4.69, 9.17) is 0 Å². The number of carbonyl (C=O) groups excluding carboxylic acids is 3. The van der Waals surface area contributed by atoms with Gasteiger partial charge in [-0.2, -0.15) is 0 Å². The third kappa shape index (κ3) is 12.8. The van der Waals surface area contributed by atoms with Crippen molar-refractivity contribution in [2.75, 3.05) is 13.1 Å². The van der Waals surface area contributed by atoms with Gasteiger partial charge in [-0.25, -0.2) is 9.59 Å². The SMILES string of the molecule is CC(C)(O)c1cccc(CN2CCN([C@H](C(=O)N[C@@H](Cc3ccccc3)C[C@@H](O)[C@H](Cc3ccc(-c4ccccn4)cc3)NC(=O)[C@@H](NC(=O)O)C(C)(C)C)C(C)(C)C)C2=O)n1. The summed E-state index contributed by atoms with van der Waals surface area (Å²) in [6.07, 6.45) is -0.289. The monoisotopic (exact) mass is 849 g/mol. The molecule has 14 heteroatoms. The molecule has 1 aliphatic rings. The van der Waals surface area contributed by atoms with Crippen molar-refractivity contribution in [3.05, 3.63) is 120 Å². The lowest BCUT2D eigenvalue weighted by atomic mass is 9.84. The Bertz CT molecular complexity index is 2130. The van der Waals surface area contributed by atoms with E-state index in [1.54, 1.807) is 68.8 Å². The maximum atomic E-state index is 14.6. The molecular weight excluding hydrogens is 787 g/mol. The lowest BCUT2D eigenvalue weighted by molar-refractivity contribution is -0.130. The Hall–Kier alpha value is -5.86. The van der Waals surface area contributed by atoms with Gasteiger partial charge in [-0.15, -0.1) is 0 Å². The van der Waals surface area contributed by atoms with Crippen LogP contribution < -0.4 is 16.0 Å². The van der Waals surface area contributed by atoms with Crippen LogP contribution in [0, 0.1) is 10.8 Å². The topological polar surface area (TPSA) is 197 Å². The van der Waals surface area contributed by atoms with E-state index in [1.807, 2.05) is 93.6 Å². The summed E-state index contributed by atoms with van der Waals surface area (Å²) in [4.78, 5) is 66.7. The van der Waals surface area contributed by atoms with Crippen LogP contribution in [0.5, 0.6) is 0 Å². The van der Waals surface area contributed by atoms with E-state index in [9.17, 15) is 34.5 Å². The molecule has 1 fully saturated rings. The van der Waals surface area contributed by atoms with E-state index in [0.717, 1.165) is 22.4 Å². The molecule has 1 aliphatic heterocycles. The summed E-state index contributed by atoms with van der Waals surface area (Å²) >= 11 is 0. The van der Waals surface area contributed by atoms with Gasteiger partial charge in [0.1, 0.15) is 17.7 Å². The number of rotatable bonds is 17. The molecule has 5 rings (SSSR count). The number of aromatic nitrogens is 2. The molecule has 0 bridgehead atoms. The lowest BCUT2D eigenvalue weighted by Crippen LogP contribution is -2.59. The molecule has 0 unspecified atom stereocenters. The van der Waals surface area contributed by atoms with Gasteiger partial charge in [0.05, 0.1) is 35.8 Å². The van der Waals surface area contributed by atoms with Gasteiger partial charge < -0.3 is 41.1 Å². The van der Waals surface area contributed by atoms with Crippen molar-refractivity contribution in [1.29, 1.82) is 0 Å². The molecule has 0 radical (unpaired) electrons. The number of hydrogen-bond donors (Lipinski definition) is 6. The molecule has 6 N–H and O–H groups in total. The highest BCUT2D eigenvalue weighted by atomic mass is 16.4. The first-order valence-corrected chi connectivity index (χ1v) is 21.2. The Balaban J connectivity index is 1.41. The number of aliphatic hydroxyl groups excluding tert-OH is 1. The van der Waals surface area contributed by atoms with Crippen molar-refractivity contribution in [2.24, 2.45) is 10.8 Å². The van der Waals surface area contributed by atoms with E-state index in [-0.39, 0.29) is 31.3 Å². The van der Waals surface area contributed by atoms with Crippen LogP contribution in [-0.4, -0.2) is 102 Å². The van der Waals surface area contributed by atoms with Gasteiger partial charge in [-0.3, -0.25) is 19.6 Å². The van der Waals surface area contributed by atoms with Crippen LogP contribution >= 0.6 is 0 Å². The first-order valence-electron chi connectivity index (χ1n) is 21.2. The van der Waals surface area contributed by atoms with Gasteiger partial charge in [-0.05, 0) is 79.3 Å². The molecule has 1 saturated heterocycles. The predicted molar refractivity (Wildman–Crippen MR) is 238 cm³/mol. The molecule has 14 nitrogen and oxygen atoms in total. The van der Waals surface area contributed by atoms with E-state index in [2.05, 4.69) is 25.9 Å². The van der Waals surface area contributed by atoms with Gasteiger partial charge in [0.2, 0.25) is 11.8 Å². The quantitative estimate of drug-likeness (QED) is 0.0748. The number of carbonyl (C=O) groups is 4. The zero-order valence-corrected chi connectivity index (χ0v) is 37.1. The molecule has 0 saturated carbocycles. The third-order valence-electron chi connectivity index (χ3n) is 11.0. The third-order valence-corrected chi connectivity index (χ3v) is 11.0. The van der Waals surface area contributed by atoms with Gasteiger partial charge in [0.15, 0.2) is 0 Å². The van der Waals surface area contributed by atoms with Crippen molar-refractivity contribution < 1.29 is 34.5 Å². The molecule has 3 heterocycles. The van der Waals surface area contributed by atoms with Gasteiger partial charge in [-0.1, -0.05) is 108 Å². The van der Waals surface area contributed by atoms with Crippen LogP contribution in [0.15, 0.2) is 97.2 Å². The van der Waals surface area contributed by atoms with Gasteiger partial charge >= 0.3 is 12.1 Å². The fourth-order valence-corrected chi connectivity index (χ4v) is 7.87. The van der Waals surface area contributed by atoms with E-state index >= 15 is 0 Å². The van der Waals surface area contributed by atoms with Crippen molar-refractivity contribution in [3.8, 4) is 11.3 Å². The summed E-state index contributed by atoms with van der Waals surface area (Å²) in [6.45, 7) is 15.2. The van der Waals surface area contributed by atoms with Crippen molar-refractivity contribution in [3.63, 3.8) is 0 Å². The number of urea groups is 1. The van der Waals surface area contributed by atoms with Crippen LogP contribution in [0.4, 0.5) is 9.59 Å². The highest BCUT2D eigenvalue weighted by Crippen LogP contribution is 2.30. The van der Waals surface area contributed by atoms with Crippen molar-refractivity contribution >= 4 is 23.9 Å². The molecule has 5 atom stereocenters. The molecule has 2 aromatic carbocycles. The molecule has 4 aromatic rings. The second kappa shape index (κ2) is 19.9. The number of hydrogen-bond acceptors (Lipinski definition) is 8. The second-order valence-electron chi connectivity index (χ2n) is 18.9. The average Bonchev–Trinajstić information content (AvgIpc) is 3.54. The first-order chi connectivity index (χ1) is 29.1. The van der Waals surface area contributed by atoms with Crippen LogP contribution in [0.2, 0.25) is 0 Å². The number of benzene rings is 2. The summed E-state index contributed by atoms with van der Waals surface area (Å²) in [6, 6.07) is 24.3. The predicted octanol–water partition coefficient (Wildman–Crippen LogP) is 5.91. The van der Waals surface area contributed by atoms with E-state index < -0.39 is 58.7 Å². The summed E-state index contributed by atoms with van der Waals surface area (Å²) < 4.78 is 0. The first kappa shape index (κ1) is 47.2. The van der Waals surface area contributed by atoms with Crippen LogP contribution in [0.3, 0.4) is 0 Å². The number of carboxylic acid groups (broad SMARTS) is 1. The lowest BCUT2D eigenvalue weighted by Gasteiger charge is -2.38. The molecule has 62 heavy (non-hydrogen) atoms. The largest absolute Gasteiger partial charge is 0.465 e. The van der Waals surface area contributed by atoms with Crippen LogP contribution in [-0.2, 0) is 34.6 Å². The molecule has 0 aliphatic carbocycles. The maximum absolute atomic E-state index is 14.6. The zero-order chi connectivity index (χ0) is 45.4. The Morgan fingerprint density at radius 2 is 1.40 bits per heavy atom. The molecular formula is C48H63N7O7. The Morgan fingerprint density at radius 1 is 0.742 bits per heavy atom. The number of aliphatic hydroxyl groups is 2. The fourth-order valence-electron chi connectivity index (χ4n) is 7.87.